The molecule has 11 heteroatoms. The molecule has 178 valence electrons. The summed E-state index contributed by atoms with van der Waals surface area (Å²) < 4.78 is 85.8. The Kier molecular flexibility index (Phi) is 5.34. The van der Waals surface area contributed by atoms with Crippen molar-refractivity contribution in [3.8, 4) is 5.75 Å². The lowest BCUT2D eigenvalue weighted by Gasteiger charge is -2.37. The van der Waals surface area contributed by atoms with Crippen LogP contribution in [0.15, 0.2) is 36.7 Å². The predicted octanol–water partition coefficient (Wildman–Crippen LogP) is 4.52. The van der Waals surface area contributed by atoms with Crippen molar-refractivity contribution in [2.45, 2.75) is 37.2 Å². The molecule has 0 aromatic carbocycles. The number of pyridine rings is 1. The molecule has 4 heterocycles. The van der Waals surface area contributed by atoms with E-state index in [4.69, 9.17) is 4.74 Å². The molecule has 0 amide bonds. The summed E-state index contributed by atoms with van der Waals surface area (Å²) in [5.74, 6) is -1.26. The number of aromatic nitrogens is 2. The third-order valence-corrected chi connectivity index (χ3v) is 6.31. The van der Waals surface area contributed by atoms with E-state index >= 15 is 0 Å². The summed E-state index contributed by atoms with van der Waals surface area (Å²) in [6.07, 6.45) is 1.50. The Bertz CT molecular complexity index is 1100. The van der Waals surface area contributed by atoms with Crippen LogP contribution in [0.5, 0.6) is 5.75 Å². The smallest absolute Gasteiger partial charge is 0.422 e. The fourth-order valence-electron chi connectivity index (χ4n) is 4.60. The highest BCUT2D eigenvalue weighted by molar-refractivity contribution is 5.68. The predicted molar refractivity (Wildman–Crippen MR) is 109 cm³/mol. The fraction of sp³-hybridized carbons (Fsp3) is 0.500. The molecule has 2 aromatic heterocycles. The third-order valence-electron chi connectivity index (χ3n) is 6.31. The van der Waals surface area contributed by atoms with E-state index in [2.05, 4.69) is 10.3 Å². The number of alkyl halides is 6. The normalized spacial score (nSPS) is 23.9. The first-order chi connectivity index (χ1) is 15.6. The molecule has 5 rings (SSSR count). The SMILES string of the molecule is FC(F)(F)COc1cc2ncc(C3=CC=CCN3[C@H]3CNC[C@@H]3C(F)(F)F)n2cc1C1CC1. The Morgan fingerprint density at radius 1 is 1.12 bits per heavy atom. The van der Waals surface area contributed by atoms with E-state index in [9.17, 15) is 26.3 Å². The molecule has 1 aliphatic carbocycles. The number of halogens is 6. The molecule has 0 spiro atoms. The Hall–Kier alpha value is -2.69. The number of nitrogens with zero attached hydrogens (tertiary/aromatic N) is 3. The molecule has 1 saturated heterocycles. The van der Waals surface area contributed by atoms with Gasteiger partial charge in [-0.3, -0.25) is 4.40 Å². The van der Waals surface area contributed by atoms with Crippen LogP contribution in [0, 0.1) is 5.92 Å². The van der Waals surface area contributed by atoms with E-state index in [-0.39, 0.29) is 24.8 Å². The first-order valence-corrected chi connectivity index (χ1v) is 10.7. The molecule has 1 N–H and O–H groups in total. The number of rotatable bonds is 5. The lowest BCUT2D eigenvalue weighted by molar-refractivity contribution is -0.178. The topological polar surface area (TPSA) is 41.8 Å². The molecule has 1 saturated carbocycles. The van der Waals surface area contributed by atoms with Crippen LogP contribution in [0.1, 0.15) is 30.0 Å². The summed E-state index contributed by atoms with van der Waals surface area (Å²) in [6, 6.07) is 0.700. The number of imidazole rings is 1. The van der Waals surface area contributed by atoms with Gasteiger partial charge in [-0.1, -0.05) is 12.2 Å². The maximum atomic E-state index is 13.6. The summed E-state index contributed by atoms with van der Waals surface area (Å²) in [6.45, 7) is -1.01. The molecule has 2 aliphatic heterocycles. The van der Waals surface area contributed by atoms with Gasteiger partial charge >= 0.3 is 12.4 Å². The van der Waals surface area contributed by atoms with E-state index in [1.807, 2.05) is 0 Å². The zero-order valence-corrected chi connectivity index (χ0v) is 17.5. The van der Waals surface area contributed by atoms with Crippen LogP contribution in [0.2, 0.25) is 0 Å². The van der Waals surface area contributed by atoms with Crippen molar-refractivity contribution in [3.63, 3.8) is 0 Å². The van der Waals surface area contributed by atoms with Crippen molar-refractivity contribution in [2.75, 3.05) is 26.2 Å². The first kappa shape index (κ1) is 22.1. The number of hydrogen-bond donors (Lipinski definition) is 1. The Morgan fingerprint density at radius 3 is 2.61 bits per heavy atom. The molecule has 33 heavy (non-hydrogen) atoms. The van der Waals surface area contributed by atoms with Gasteiger partial charge in [-0.2, -0.15) is 26.3 Å². The second-order valence-electron chi connectivity index (χ2n) is 8.65. The Balaban J connectivity index is 1.52. The second-order valence-corrected chi connectivity index (χ2v) is 8.65. The summed E-state index contributed by atoms with van der Waals surface area (Å²) in [5, 5.41) is 2.85. The van der Waals surface area contributed by atoms with E-state index in [0.717, 1.165) is 12.8 Å². The zero-order chi connectivity index (χ0) is 23.4. The van der Waals surface area contributed by atoms with Gasteiger partial charge in [0.1, 0.15) is 11.4 Å². The molecule has 5 nitrogen and oxygen atoms in total. The minimum absolute atomic E-state index is 0.0952. The van der Waals surface area contributed by atoms with Gasteiger partial charge < -0.3 is 15.0 Å². The monoisotopic (exact) mass is 472 g/mol. The molecule has 0 unspecified atom stereocenters. The van der Waals surface area contributed by atoms with Crippen LogP contribution >= 0.6 is 0 Å². The van der Waals surface area contributed by atoms with Crippen LogP contribution in [-0.2, 0) is 0 Å². The first-order valence-electron chi connectivity index (χ1n) is 10.7. The standard InChI is InChI=1S/C22H22F6N4O/c23-21(24,25)12-33-19-7-20-30-10-18(32(20)11-14(19)13-4-5-13)16-3-1-2-6-31(16)17-9-29-8-15(17)22(26,27)28/h1-3,7,10-11,13,15,17,29H,4-6,8-9,12H2/t15-,17-/m0/s1. The lowest BCUT2D eigenvalue weighted by atomic mass is 9.99. The van der Waals surface area contributed by atoms with Gasteiger partial charge in [0.15, 0.2) is 6.61 Å². The van der Waals surface area contributed by atoms with Gasteiger partial charge in [0.25, 0.3) is 0 Å². The van der Waals surface area contributed by atoms with Gasteiger partial charge in [0.05, 0.1) is 29.5 Å². The molecular formula is C22H22F6N4O. The quantitative estimate of drug-likeness (QED) is 0.651. The van der Waals surface area contributed by atoms with E-state index in [0.29, 0.717) is 29.1 Å². The zero-order valence-electron chi connectivity index (χ0n) is 17.5. The highest BCUT2D eigenvalue weighted by Gasteiger charge is 2.49. The van der Waals surface area contributed by atoms with Crippen molar-refractivity contribution in [3.05, 3.63) is 47.9 Å². The van der Waals surface area contributed by atoms with Gasteiger partial charge in [0, 0.05) is 37.5 Å². The van der Waals surface area contributed by atoms with Gasteiger partial charge in [-0.15, -0.1) is 0 Å². The molecule has 3 aliphatic rings. The van der Waals surface area contributed by atoms with Crippen LogP contribution in [-0.4, -0.2) is 58.9 Å². The lowest BCUT2D eigenvalue weighted by Crippen LogP contribution is -2.45. The largest absolute Gasteiger partial charge is 0.484 e. The summed E-state index contributed by atoms with van der Waals surface area (Å²) in [7, 11) is 0. The maximum Gasteiger partial charge on any atom is 0.422 e. The highest BCUT2D eigenvalue weighted by Crippen LogP contribution is 2.45. The van der Waals surface area contributed by atoms with Gasteiger partial charge in [0.2, 0.25) is 0 Å². The number of fused-ring (bicyclic) bond motifs is 1. The highest BCUT2D eigenvalue weighted by atomic mass is 19.4. The molecule has 2 aromatic rings. The van der Waals surface area contributed by atoms with Crippen molar-refractivity contribution in [1.82, 2.24) is 19.6 Å². The van der Waals surface area contributed by atoms with E-state index < -0.39 is 30.9 Å². The Morgan fingerprint density at radius 2 is 1.91 bits per heavy atom. The fourth-order valence-corrected chi connectivity index (χ4v) is 4.60. The van der Waals surface area contributed by atoms with E-state index in [1.54, 1.807) is 39.9 Å². The number of allylic oxidation sites excluding steroid dienone is 2. The van der Waals surface area contributed by atoms with Crippen LogP contribution in [0.4, 0.5) is 26.3 Å². The Labute approximate surface area is 185 Å². The van der Waals surface area contributed by atoms with Crippen molar-refractivity contribution < 1.29 is 31.1 Å². The average molecular weight is 472 g/mol. The average Bonchev–Trinajstić information content (AvgIpc) is 3.31. The molecule has 0 bridgehead atoms. The van der Waals surface area contributed by atoms with Crippen LogP contribution in [0.25, 0.3) is 11.3 Å². The summed E-state index contributed by atoms with van der Waals surface area (Å²) >= 11 is 0. The molecule has 2 fully saturated rings. The van der Waals surface area contributed by atoms with Gasteiger partial charge in [-0.05, 0) is 24.8 Å². The minimum Gasteiger partial charge on any atom is -0.484 e. The summed E-state index contributed by atoms with van der Waals surface area (Å²) in [5.41, 5.74) is 2.21. The third kappa shape index (κ3) is 4.42. The molecular weight excluding hydrogens is 450 g/mol. The van der Waals surface area contributed by atoms with Crippen molar-refractivity contribution >= 4 is 11.3 Å². The molecule has 2 atom stereocenters. The summed E-state index contributed by atoms with van der Waals surface area (Å²) in [4.78, 5) is 6.05. The number of ether oxygens (including phenoxy) is 1. The maximum absolute atomic E-state index is 13.6. The van der Waals surface area contributed by atoms with Crippen LogP contribution in [0.3, 0.4) is 0 Å². The van der Waals surface area contributed by atoms with Crippen molar-refractivity contribution in [2.24, 2.45) is 5.92 Å². The van der Waals surface area contributed by atoms with E-state index in [1.165, 1.54) is 6.07 Å². The second kappa shape index (κ2) is 7.96. The minimum atomic E-state index is -4.46. The number of hydrogen-bond acceptors (Lipinski definition) is 4. The van der Waals surface area contributed by atoms with Crippen LogP contribution < -0.4 is 10.1 Å². The van der Waals surface area contributed by atoms with Crippen molar-refractivity contribution in [1.29, 1.82) is 0 Å². The molecule has 0 radical (unpaired) electrons. The van der Waals surface area contributed by atoms with Gasteiger partial charge in [-0.25, -0.2) is 4.98 Å². The number of nitrogens with one attached hydrogen (secondary N) is 1.